The van der Waals surface area contributed by atoms with Crippen molar-refractivity contribution >= 4 is 25.9 Å². The highest BCUT2D eigenvalue weighted by Gasteiger charge is 2.43. The van der Waals surface area contributed by atoms with E-state index in [1.165, 1.54) is 12.1 Å². The first-order chi connectivity index (χ1) is 15.8. The van der Waals surface area contributed by atoms with Gasteiger partial charge in [-0.1, -0.05) is 26.7 Å². The fraction of sp³-hybridized carbons (Fsp3) is 0.435. The summed E-state index contributed by atoms with van der Waals surface area (Å²) in [6.07, 6.45) is 3.68. The van der Waals surface area contributed by atoms with E-state index in [1.54, 1.807) is 32.0 Å². The van der Waals surface area contributed by atoms with Crippen LogP contribution in [-0.4, -0.2) is 25.1 Å². The molecule has 10 heteroatoms. The number of nitro benzene ring substituents is 1. The van der Waals surface area contributed by atoms with E-state index in [0.29, 0.717) is 34.9 Å². The molecule has 1 aromatic carbocycles. The van der Waals surface area contributed by atoms with Crippen molar-refractivity contribution in [1.82, 2.24) is 0 Å². The van der Waals surface area contributed by atoms with E-state index in [1.807, 2.05) is 0 Å². The van der Waals surface area contributed by atoms with Gasteiger partial charge < -0.3 is 13.3 Å². The molecule has 0 radical (unpaired) electrons. The molecule has 0 bridgehead atoms. The van der Waals surface area contributed by atoms with Crippen LogP contribution in [0.25, 0.3) is 0 Å². The number of nitrogens with zero attached hydrogens (tertiary/aromatic N) is 3. The Morgan fingerprint density at radius 1 is 1.00 bits per heavy atom. The van der Waals surface area contributed by atoms with Crippen LogP contribution in [-0.2, 0) is 4.43 Å². The van der Waals surface area contributed by atoms with Crippen LogP contribution in [0.3, 0.4) is 0 Å². The molecule has 176 valence electrons. The van der Waals surface area contributed by atoms with Crippen molar-refractivity contribution in [1.29, 1.82) is 0 Å². The van der Waals surface area contributed by atoms with E-state index in [0.717, 1.165) is 25.7 Å². The molecule has 0 saturated heterocycles. The van der Waals surface area contributed by atoms with Crippen LogP contribution in [0.15, 0.2) is 49.7 Å². The molecule has 2 aromatic rings. The molecule has 0 spiro atoms. The summed E-state index contributed by atoms with van der Waals surface area (Å²) in [6.45, 7) is 7.56. The molecule has 9 nitrogen and oxygen atoms in total. The normalized spacial score (nSPS) is 18.2. The number of hydrogen-bond donors (Lipinski definition) is 0. The second-order valence-corrected chi connectivity index (χ2v) is 11.3. The molecule has 1 aliphatic heterocycles. The van der Waals surface area contributed by atoms with Gasteiger partial charge in [0.1, 0.15) is 17.1 Å². The molecule has 0 fully saturated rings. The third kappa shape index (κ3) is 5.75. The summed E-state index contributed by atoms with van der Waals surface area (Å²) in [5.74, 6) is 1.08. The molecule has 1 aliphatic rings. The molecule has 0 aliphatic carbocycles. The SMILES string of the molecule is CCCC[Si]1(CCCC)O/C(c2ccc([N+](=O)[O-])cc2)=N\N=C(\C)c2c(cc(C)oc2=O)O1. The van der Waals surface area contributed by atoms with E-state index >= 15 is 0 Å². The van der Waals surface area contributed by atoms with E-state index in [4.69, 9.17) is 13.3 Å². The number of non-ortho nitro benzene ring substituents is 1. The van der Waals surface area contributed by atoms with Crippen LogP contribution < -0.4 is 10.1 Å². The average Bonchev–Trinajstić information content (AvgIpc) is 2.83. The molecule has 0 N–H and O–H groups in total. The van der Waals surface area contributed by atoms with Crippen LogP contribution in [0, 0.1) is 17.0 Å². The van der Waals surface area contributed by atoms with E-state index in [9.17, 15) is 14.9 Å². The zero-order valence-electron chi connectivity index (χ0n) is 19.4. The quantitative estimate of drug-likeness (QED) is 0.286. The zero-order chi connectivity index (χ0) is 24.0. The summed E-state index contributed by atoms with van der Waals surface area (Å²) in [5.41, 5.74) is 0.577. The predicted molar refractivity (Wildman–Crippen MR) is 128 cm³/mol. The number of nitro groups is 1. The topological polar surface area (TPSA) is 117 Å². The van der Waals surface area contributed by atoms with Gasteiger partial charge >= 0.3 is 14.2 Å². The first-order valence-electron chi connectivity index (χ1n) is 11.2. The second kappa shape index (κ2) is 10.6. The van der Waals surface area contributed by atoms with Crippen LogP contribution in [0.1, 0.15) is 63.3 Å². The van der Waals surface area contributed by atoms with Gasteiger partial charge in [0, 0.05) is 35.9 Å². The van der Waals surface area contributed by atoms with Crippen LogP contribution >= 0.6 is 0 Å². The van der Waals surface area contributed by atoms with E-state index in [-0.39, 0.29) is 17.1 Å². The first-order valence-corrected chi connectivity index (χ1v) is 13.4. The summed E-state index contributed by atoms with van der Waals surface area (Å²) < 4.78 is 18.5. The molecule has 3 rings (SSSR count). The van der Waals surface area contributed by atoms with Crippen molar-refractivity contribution in [2.75, 3.05) is 0 Å². The van der Waals surface area contributed by atoms with Crippen molar-refractivity contribution in [2.24, 2.45) is 10.2 Å². The number of aryl methyl sites for hydroxylation is 1. The van der Waals surface area contributed by atoms with Gasteiger partial charge in [-0.3, -0.25) is 10.1 Å². The van der Waals surface area contributed by atoms with E-state index in [2.05, 4.69) is 24.1 Å². The zero-order valence-corrected chi connectivity index (χ0v) is 20.4. The lowest BCUT2D eigenvalue weighted by Crippen LogP contribution is -2.47. The molecular formula is C23H29N3O6Si. The molecule has 1 aromatic heterocycles. The van der Waals surface area contributed by atoms with Crippen molar-refractivity contribution in [3.05, 3.63) is 67.8 Å². The number of rotatable bonds is 8. The Hall–Kier alpha value is -3.27. The lowest BCUT2D eigenvalue weighted by atomic mass is 10.2. The Balaban J connectivity index is 2.19. The molecule has 0 unspecified atom stereocenters. The van der Waals surface area contributed by atoms with Crippen LogP contribution in [0.4, 0.5) is 5.69 Å². The predicted octanol–water partition coefficient (Wildman–Crippen LogP) is 5.48. The smallest absolute Gasteiger partial charge is 0.461 e. The highest BCUT2D eigenvalue weighted by atomic mass is 28.4. The standard InChI is InChI=1S/C23H29N3O6Si/c1-5-7-13-33(14-8-6-2)31-20-15-16(3)30-23(27)21(20)17(4)24-25-22(32-33)18-9-11-19(12-10-18)26(28)29/h9-12,15H,5-8,13-14H2,1-4H3/b24-17-,25-22-. The molecule has 0 amide bonds. The minimum absolute atomic E-state index is 0.0284. The maximum atomic E-state index is 12.7. The average molecular weight is 472 g/mol. The van der Waals surface area contributed by atoms with Gasteiger partial charge in [0.05, 0.1) is 10.6 Å². The minimum atomic E-state index is -2.97. The molecule has 0 saturated carbocycles. The molecular weight excluding hydrogens is 442 g/mol. The summed E-state index contributed by atoms with van der Waals surface area (Å²) in [6, 6.07) is 9.09. The Kier molecular flexibility index (Phi) is 7.80. The lowest BCUT2D eigenvalue weighted by Gasteiger charge is -2.32. The number of unbranched alkanes of at least 4 members (excludes halogenated alkanes) is 2. The minimum Gasteiger partial charge on any atom is -0.511 e. The van der Waals surface area contributed by atoms with Crippen molar-refractivity contribution in [3.63, 3.8) is 0 Å². The number of fused-ring (bicyclic) bond motifs is 1. The Bertz CT molecular complexity index is 1120. The first kappa shape index (κ1) is 24.4. The third-order valence-electron chi connectivity index (χ3n) is 5.42. The van der Waals surface area contributed by atoms with Crippen molar-refractivity contribution in [3.8, 4) is 5.75 Å². The van der Waals surface area contributed by atoms with Gasteiger partial charge in [0.25, 0.3) is 5.69 Å². The summed E-state index contributed by atoms with van der Waals surface area (Å²) in [7, 11) is -2.97. The summed E-state index contributed by atoms with van der Waals surface area (Å²) in [5, 5.41) is 19.6. The fourth-order valence-corrected chi connectivity index (χ4v) is 7.20. The Morgan fingerprint density at radius 3 is 2.21 bits per heavy atom. The monoisotopic (exact) mass is 471 g/mol. The maximum absolute atomic E-state index is 12.7. The Labute approximate surface area is 193 Å². The maximum Gasteiger partial charge on any atom is 0.461 e. The van der Waals surface area contributed by atoms with Gasteiger partial charge in [-0.05, 0) is 38.8 Å². The largest absolute Gasteiger partial charge is 0.511 e. The van der Waals surface area contributed by atoms with Crippen LogP contribution in [0.5, 0.6) is 5.75 Å². The van der Waals surface area contributed by atoms with E-state index < -0.39 is 19.1 Å². The summed E-state index contributed by atoms with van der Waals surface area (Å²) >= 11 is 0. The second-order valence-electron chi connectivity index (χ2n) is 8.10. The number of hydrogen-bond acceptors (Lipinski definition) is 8. The lowest BCUT2D eigenvalue weighted by molar-refractivity contribution is -0.384. The van der Waals surface area contributed by atoms with Crippen molar-refractivity contribution in [2.45, 2.75) is 65.5 Å². The highest BCUT2D eigenvalue weighted by molar-refractivity contribution is 6.70. The highest BCUT2D eigenvalue weighted by Crippen LogP contribution is 2.32. The van der Waals surface area contributed by atoms with Gasteiger partial charge in [-0.15, -0.1) is 5.10 Å². The summed E-state index contributed by atoms with van der Waals surface area (Å²) in [4.78, 5) is 23.3. The van der Waals surface area contributed by atoms with Gasteiger partial charge in [0.15, 0.2) is 0 Å². The van der Waals surface area contributed by atoms with Gasteiger partial charge in [-0.25, -0.2) is 4.79 Å². The number of benzene rings is 1. The molecule has 33 heavy (non-hydrogen) atoms. The van der Waals surface area contributed by atoms with Crippen molar-refractivity contribution < 1.29 is 18.2 Å². The molecule has 0 atom stereocenters. The molecule has 2 heterocycles. The fourth-order valence-electron chi connectivity index (χ4n) is 3.64. The Morgan fingerprint density at radius 2 is 1.64 bits per heavy atom. The van der Waals surface area contributed by atoms with Crippen LogP contribution in [0.2, 0.25) is 12.1 Å². The third-order valence-corrected chi connectivity index (χ3v) is 8.81. The van der Waals surface area contributed by atoms with Gasteiger partial charge in [0.2, 0.25) is 5.90 Å². The van der Waals surface area contributed by atoms with Gasteiger partial charge in [-0.2, -0.15) is 5.10 Å².